The third kappa shape index (κ3) is 10.2. The number of benzene rings is 3. The van der Waals surface area contributed by atoms with Crippen molar-refractivity contribution in [2.24, 2.45) is 11.7 Å². The zero-order valence-electron chi connectivity index (χ0n) is 23.9. The molecule has 2 N–H and O–H groups in total. The topological polar surface area (TPSA) is 157 Å². The van der Waals surface area contributed by atoms with Crippen LogP contribution in [0.5, 0.6) is 17.2 Å². The molecule has 0 aliphatic carbocycles. The molecular weight excluding hydrogens is 576 g/mol. The van der Waals surface area contributed by atoms with Crippen molar-refractivity contribution in [1.29, 1.82) is 0 Å². The lowest BCUT2D eigenvalue weighted by Gasteiger charge is -2.15. The Kier molecular flexibility index (Phi) is 11.7. The van der Waals surface area contributed by atoms with Crippen LogP contribution >= 0.6 is 12.2 Å². The lowest BCUT2D eigenvalue weighted by molar-refractivity contribution is -0.757. The first-order valence-electron chi connectivity index (χ1n) is 13.5. The SMILES string of the molecule is CC(C)Cc1ccc(C(C)C(=O)Oc2ccc(OC(=O)CCCO[N+](=O)[O-])c(C(=O)Oc3ccc(C(N)=S)cc3)c2)cc1. The van der Waals surface area contributed by atoms with Crippen LogP contribution in [0.1, 0.15) is 66.6 Å². The maximum absolute atomic E-state index is 13.2. The van der Waals surface area contributed by atoms with E-state index in [0.29, 0.717) is 11.5 Å². The Morgan fingerprint density at radius 2 is 1.56 bits per heavy atom. The summed E-state index contributed by atoms with van der Waals surface area (Å²) < 4.78 is 16.4. The Hall–Kier alpha value is -4.84. The highest BCUT2D eigenvalue weighted by atomic mass is 32.1. The van der Waals surface area contributed by atoms with Gasteiger partial charge in [-0.1, -0.05) is 50.3 Å². The standard InChI is InChI=1S/C31H32N2O9S/c1-19(2)17-21-6-8-22(9-7-21)20(3)30(35)41-25-14-15-27(42-28(34)5-4-16-39-33(37)38)26(18-25)31(36)40-24-12-10-23(11-13-24)29(32)43/h6-15,18-20H,4-5,16-17H2,1-3H3,(H2,32,43). The number of rotatable bonds is 14. The van der Waals surface area contributed by atoms with Crippen LogP contribution in [0.2, 0.25) is 0 Å². The molecule has 0 bridgehead atoms. The van der Waals surface area contributed by atoms with Crippen molar-refractivity contribution in [1.82, 2.24) is 0 Å². The zero-order chi connectivity index (χ0) is 31.5. The molecule has 0 saturated carbocycles. The summed E-state index contributed by atoms with van der Waals surface area (Å²) in [5.41, 5.74) is 7.93. The molecule has 0 saturated heterocycles. The van der Waals surface area contributed by atoms with Crippen LogP contribution in [0.4, 0.5) is 0 Å². The lowest BCUT2D eigenvalue weighted by Crippen LogP contribution is -2.18. The van der Waals surface area contributed by atoms with Crippen molar-refractivity contribution in [3.8, 4) is 17.2 Å². The monoisotopic (exact) mass is 608 g/mol. The van der Waals surface area contributed by atoms with Crippen LogP contribution in [0.3, 0.4) is 0 Å². The molecule has 3 aromatic rings. The van der Waals surface area contributed by atoms with E-state index in [4.69, 9.17) is 32.2 Å². The maximum atomic E-state index is 13.2. The van der Waals surface area contributed by atoms with Crippen molar-refractivity contribution in [2.75, 3.05) is 6.61 Å². The predicted molar refractivity (Wildman–Crippen MR) is 161 cm³/mol. The quantitative estimate of drug-likeness (QED) is 0.0629. The van der Waals surface area contributed by atoms with Gasteiger partial charge in [0.25, 0.3) is 5.09 Å². The molecule has 3 aromatic carbocycles. The van der Waals surface area contributed by atoms with Gasteiger partial charge >= 0.3 is 17.9 Å². The minimum absolute atomic E-state index is 0.0149. The second kappa shape index (κ2) is 15.4. The first kappa shape index (κ1) is 32.7. The predicted octanol–water partition coefficient (Wildman–Crippen LogP) is 5.34. The number of nitrogens with two attached hydrogens (primary N) is 1. The Morgan fingerprint density at radius 3 is 2.16 bits per heavy atom. The Labute approximate surface area is 254 Å². The first-order valence-corrected chi connectivity index (χ1v) is 13.9. The fraction of sp³-hybridized carbons (Fsp3) is 0.290. The summed E-state index contributed by atoms with van der Waals surface area (Å²) in [6.07, 6.45) is 0.722. The summed E-state index contributed by atoms with van der Waals surface area (Å²) in [5, 5.41) is 9.34. The van der Waals surface area contributed by atoms with Gasteiger partial charge in [-0.05, 0) is 79.3 Å². The number of esters is 3. The van der Waals surface area contributed by atoms with E-state index in [9.17, 15) is 24.5 Å². The zero-order valence-corrected chi connectivity index (χ0v) is 24.8. The molecule has 0 fully saturated rings. The van der Waals surface area contributed by atoms with E-state index in [1.54, 1.807) is 19.1 Å². The van der Waals surface area contributed by atoms with E-state index in [-0.39, 0.29) is 47.2 Å². The minimum atomic E-state index is -0.962. The lowest BCUT2D eigenvalue weighted by atomic mass is 9.97. The Morgan fingerprint density at radius 1 is 0.907 bits per heavy atom. The summed E-state index contributed by atoms with van der Waals surface area (Å²) in [6.45, 7) is 5.68. The van der Waals surface area contributed by atoms with Gasteiger partial charge < -0.3 is 24.8 Å². The number of hydrogen-bond donors (Lipinski definition) is 1. The molecule has 11 nitrogen and oxygen atoms in total. The largest absolute Gasteiger partial charge is 0.426 e. The third-order valence-electron chi connectivity index (χ3n) is 6.16. The van der Waals surface area contributed by atoms with E-state index < -0.39 is 28.9 Å². The highest BCUT2D eigenvalue weighted by Crippen LogP contribution is 2.28. The van der Waals surface area contributed by atoms with E-state index in [1.165, 1.54) is 35.9 Å². The van der Waals surface area contributed by atoms with Crippen molar-refractivity contribution in [3.05, 3.63) is 99.1 Å². The maximum Gasteiger partial charge on any atom is 0.347 e. The summed E-state index contributed by atoms with van der Waals surface area (Å²) in [5.74, 6) is -2.27. The molecule has 226 valence electrons. The second-order valence-corrected chi connectivity index (χ2v) is 10.5. The van der Waals surface area contributed by atoms with E-state index in [2.05, 4.69) is 18.7 Å². The van der Waals surface area contributed by atoms with E-state index in [0.717, 1.165) is 12.0 Å². The van der Waals surface area contributed by atoms with Gasteiger partial charge in [-0.15, -0.1) is 10.1 Å². The van der Waals surface area contributed by atoms with Gasteiger partial charge in [-0.3, -0.25) is 9.59 Å². The molecule has 0 heterocycles. The van der Waals surface area contributed by atoms with Crippen molar-refractivity contribution in [2.45, 2.75) is 46.0 Å². The van der Waals surface area contributed by atoms with Crippen LogP contribution in [0.25, 0.3) is 0 Å². The molecule has 0 aromatic heterocycles. The average molecular weight is 609 g/mol. The summed E-state index contributed by atoms with van der Waals surface area (Å²) in [6, 6.07) is 17.8. The number of thiocarbonyl (C=S) groups is 1. The van der Waals surface area contributed by atoms with Gasteiger partial charge in [0.2, 0.25) is 0 Å². The molecule has 12 heteroatoms. The van der Waals surface area contributed by atoms with Crippen molar-refractivity contribution < 1.29 is 38.5 Å². The number of carbonyl (C=O) groups excluding carboxylic acids is 3. The van der Waals surface area contributed by atoms with Crippen molar-refractivity contribution in [3.63, 3.8) is 0 Å². The fourth-order valence-electron chi connectivity index (χ4n) is 3.95. The average Bonchev–Trinajstić information content (AvgIpc) is 2.96. The highest BCUT2D eigenvalue weighted by molar-refractivity contribution is 7.80. The number of nitrogens with zero attached hydrogens (tertiary/aromatic N) is 1. The van der Waals surface area contributed by atoms with Gasteiger partial charge in [0.05, 0.1) is 12.5 Å². The van der Waals surface area contributed by atoms with E-state index >= 15 is 0 Å². The number of hydrogen-bond acceptors (Lipinski definition) is 10. The van der Waals surface area contributed by atoms with Crippen LogP contribution in [0, 0.1) is 16.0 Å². The van der Waals surface area contributed by atoms with E-state index in [1.807, 2.05) is 24.3 Å². The minimum Gasteiger partial charge on any atom is -0.426 e. The van der Waals surface area contributed by atoms with Crippen LogP contribution < -0.4 is 19.9 Å². The van der Waals surface area contributed by atoms with Crippen LogP contribution in [-0.4, -0.2) is 34.6 Å². The van der Waals surface area contributed by atoms with Crippen LogP contribution in [0.15, 0.2) is 66.7 Å². The van der Waals surface area contributed by atoms with Gasteiger partial charge in [0.15, 0.2) is 0 Å². The molecular formula is C31H32N2O9S. The molecule has 0 radical (unpaired) electrons. The molecule has 0 amide bonds. The molecule has 0 aliphatic rings. The smallest absolute Gasteiger partial charge is 0.347 e. The molecule has 1 unspecified atom stereocenters. The molecule has 3 rings (SSSR count). The van der Waals surface area contributed by atoms with Gasteiger partial charge in [-0.2, -0.15) is 0 Å². The highest BCUT2D eigenvalue weighted by Gasteiger charge is 2.22. The Bertz CT molecular complexity index is 1470. The van der Waals surface area contributed by atoms with Gasteiger partial charge in [0.1, 0.15) is 27.8 Å². The fourth-order valence-corrected chi connectivity index (χ4v) is 4.09. The van der Waals surface area contributed by atoms with Crippen LogP contribution in [-0.2, 0) is 20.8 Å². The molecule has 43 heavy (non-hydrogen) atoms. The first-order chi connectivity index (χ1) is 20.4. The summed E-state index contributed by atoms with van der Waals surface area (Å²) >= 11 is 4.94. The molecule has 0 spiro atoms. The normalized spacial score (nSPS) is 11.3. The second-order valence-electron chi connectivity index (χ2n) is 10.1. The van der Waals surface area contributed by atoms with Gasteiger partial charge in [0, 0.05) is 12.0 Å². The number of carbonyl (C=O) groups is 3. The van der Waals surface area contributed by atoms with Crippen molar-refractivity contribution >= 4 is 35.1 Å². The Balaban J connectivity index is 1.79. The molecule has 1 atom stereocenters. The summed E-state index contributed by atoms with van der Waals surface area (Å²) in [4.78, 5) is 53.2. The third-order valence-corrected chi connectivity index (χ3v) is 6.40. The number of ether oxygens (including phenoxy) is 3. The molecule has 0 aliphatic heterocycles. The summed E-state index contributed by atoms with van der Waals surface area (Å²) in [7, 11) is 0. The van der Waals surface area contributed by atoms with Gasteiger partial charge in [-0.25, -0.2) is 4.79 Å².